The standard InChI is InChI=1S/C20H22N4O3/c1-3-16(14-7-9-15(26-2)10-8-14)22-18(25)11-12-19-23-20(24-27-19)17-6-4-5-13-21-17/h4-10,13,16H,3,11-12H2,1-2H3,(H,22,25). The van der Waals surface area contributed by atoms with Crippen LogP contribution in [0.15, 0.2) is 53.2 Å². The van der Waals surface area contributed by atoms with Crippen LogP contribution in [0.3, 0.4) is 0 Å². The van der Waals surface area contributed by atoms with Gasteiger partial charge in [-0.15, -0.1) is 0 Å². The molecule has 0 aliphatic heterocycles. The Morgan fingerprint density at radius 1 is 1.22 bits per heavy atom. The van der Waals surface area contributed by atoms with Gasteiger partial charge in [-0.05, 0) is 36.2 Å². The molecule has 0 aliphatic carbocycles. The summed E-state index contributed by atoms with van der Waals surface area (Å²) in [4.78, 5) is 20.8. The van der Waals surface area contributed by atoms with Crippen LogP contribution in [0.1, 0.15) is 37.3 Å². The molecule has 0 fully saturated rings. The first-order valence-electron chi connectivity index (χ1n) is 8.87. The van der Waals surface area contributed by atoms with Crippen LogP contribution in [0.5, 0.6) is 5.75 Å². The third kappa shape index (κ3) is 4.91. The molecule has 7 heteroatoms. The summed E-state index contributed by atoms with van der Waals surface area (Å²) in [6, 6.07) is 13.1. The lowest BCUT2D eigenvalue weighted by molar-refractivity contribution is -0.121. The monoisotopic (exact) mass is 366 g/mol. The van der Waals surface area contributed by atoms with Crippen molar-refractivity contribution in [1.82, 2.24) is 20.4 Å². The van der Waals surface area contributed by atoms with Gasteiger partial charge >= 0.3 is 0 Å². The second-order valence-corrected chi connectivity index (χ2v) is 6.03. The summed E-state index contributed by atoms with van der Waals surface area (Å²) >= 11 is 0. The molecule has 0 aliphatic rings. The molecule has 27 heavy (non-hydrogen) atoms. The average molecular weight is 366 g/mol. The zero-order chi connectivity index (χ0) is 19.1. The Bertz CT molecular complexity index is 862. The van der Waals surface area contributed by atoms with Crippen LogP contribution >= 0.6 is 0 Å². The number of carbonyl (C=O) groups excluding carboxylic acids is 1. The highest BCUT2D eigenvalue weighted by Crippen LogP contribution is 2.20. The van der Waals surface area contributed by atoms with Crippen molar-refractivity contribution in [1.29, 1.82) is 0 Å². The number of methoxy groups -OCH3 is 1. The largest absolute Gasteiger partial charge is 0.497 e. The Hall–Kier alpha value is -3.22. The van der Waals surface area contributed by atoms with Crippen molar-refractivity contribution in [2.75, 3.05) is 7.11 Å². The highest BCUT2D eigenvalue weighted by molar-refractivity contribution is 5.76. The molecule has 2 heterocycles. The molecule has 3 aromatic rings. The first kappa shape index (κ1) is 18.6. The van der Waals surface area contributed by atoms with Crippen LogP contribution in [0.25, 0.3) is 11.5 Å². The Morgan fingerprint density at radius 2 is 2.04 bits per heavy atom. The quantitative estimate of drug-likeness (QED) is 0.657. The Morgan fingerprint density at radius 3 is 2.70 bits per heavy atom. The van der Waals surface area contributed by atoms with Crippen molar-refractivity contribution in [2.45, 2.75) is 32.2 Å². The number of rotatable bonds is 8. The van der Waals surface area contributed by atoms with Crippen LogP contribution in [0, 0.1) is 0 Å². The summed E-state index contributed by atoms with van der Waals surface area (Å²) in [6.07, 6.45) is 3.12. The van der Waals surface area contributed by atoms with E-state index in [1.165, 1.54) is 0 Å². The molecule has 1 N–H and O–H groups in total. The lowest BCUT2D eigenvalue weighted by atomic mass is 10.0. The van der Waals surface area contributed by atoms with Crippen molar-refractivity contribution in [3.8, 4) is 17.3 Å². The first-order chi connectivity index (χ1) is 13.2. The second-order valence-electron chi connectivity index (χ2n) is 6.03. The summed E-state index contributed by atoms with van der Waals surface area (Å²) in [5, 5.41) is 6.96. The summed E-state index contributed by atoms with van der Waals surface area (Å²) in [6.45, 7) is 2.03. The number of hydrogen-bond acceptors (Lipinski definition) is 6. The maximum atomic E-state index is 12.3. The lowest BCUT2D eigenvalue weighted by Crippen LogP contribution is -2.28. The molecule has 7 nitrogen and oxygen atoms in total. The molecule has 1 atom stereocenters. The third-order valence-corrected chi connectivity index (χ3v) is 4.19. The van der Waals surface area contributed by atoms with Gasteiger partial charge in [0.15, 0.2) is 0 Å². The van der Waals surface area contributed by atoms with Gasteiger partial charge in [0.05, 0.1) is 13.2 Å². The predicted molar refractivity (Wildman–Crippen MR) is 100 cm³/mol. The number of pyridine rings is 1. The van der Waals surface area contributed by atoms with E-state index < -0.39 is 0 Å². The topological polar surface area (TPSA) is 90.1 Å². The fraction of sp³-hybridized carbons (Fsp3) is 0.300. The number of benzene rings is 1. The zero-order valence-electron chi connectivity index (χ0n) is 15.4. The van der Waals surface area contributed by atoms with Gasteiger partial charge in [0, 0.05) is 19.0 Å². The van der Waals surface area contributed by atoms with E-state index >= 15 is 0 Å². The maximum Gasteiger partial charge on any atom is 0.227 e. The number of aromatic nitrogens is 3. The SMILES string of the molecule is CCC(NC(=O)CCc1nc(-c2ccccn2)no1)c1ccc(OC)cc1. The molecule has 2 aromatic heterocycles. The van der Waals surface area contributed by atoms with E-state index in [0.29, 0.717) is 23.8 Å². The van der Waals surface area contributed by atoms with Gasteiger partial charge in [-0.25, -0.2) is 0 Å². The van der Waals surface area contributed by atoms with Crippen molar-refractivity contribution in [3.63, 3.8) is 0 Å². The van der Waals surface area contributed by atoms with E-state index in [-0.39, 0.29) is 18.4 Å². The number of nitrogens with zero attached hydrogens (tertiary/aromatic N) is 3. The predicted octanol–water partition coefficient (Wildman–Crippen LogP) is 3.34. The highest BCUT2D eigenvalue weighted by Gasteiger charge is 2.15. The molecule has 140 valence electrons. The molecule has 1 unspecified atom stereocenters. The first-order valence-corrected chi connectivity index (χ1v) is 8.87. The number of aryl methyl sites for hydroxylation is 1. The minimum Gasteiger partial charge on any atom is -0.497 e. The molecule has 0 radical (unpaired) electrons. The second kappa shape index (κ2) is 8.93. The Labute approximate surface area is 157 Å². The Balaban J connectivity index is 1.55. The van der Waals surface area contributed by atoms with Crippen LogP contribution in [-0.2, 0) is 11.2 Å². The molecule has 3 rings (SSSR count). The van der Waals surface area contributed by atoms with Crippen LogP contribution in [-0.4, -0.2) is 28.1 Å². The van der Waals surface area contributed by atoms with Crippen LogP contribution in [0.2, 0.25) is 0 Å². The molecule has 0 bridgehead atoms. The third-order valence-electron chi connectivity index (χ3n) is 4.19. The number of hydrogen-bond donors (Lipinski definition) is 1. The highest BCUT2D eigenvalue weighted by atomic mass is 16.5. The van der Waals surface area contributed by atoms with Gasteiger partial charge in [-0.2, -0.15) is 4.98 Å². The van der Waals surface area contributed by atoms with E-state index in [1.807, 2.05) is 49.4 Å². The van der Waals surface area contributed by atoms with E-state index in [0.717, 1.165) is 17.7 Å². The number of amides is 1. The summed E-state index contributed by atoms with van der Waals surface area (Å²) in [7, 11) is 1.63. The van der Waals surface area contributed by atoms with Gasteiger partial charge in [0.2, 0.25) is 17.6 Å². The minimum absolute atomic E-state index is 0.0461. The van der Waals surface area contributed by atoms with Crippen molar-refractivity contribution >= 4 is 5.91 Å². The van der Waals surface area contributed by atoms with E-state index in [9.17, 15) is 4.79 Å². The van der Waals surface area contributed by atoms with Crippen molar-refractivity contribution in [3.05, 3.63) is 60.1 Å². The van der Waals surface area contributed by atoms with Crippen molar-refractivity contribution < 1.29 is 14.1 Å². The summed E-state index contributed by atoms with van der Waals surface area (Å²) in [5.41, 5.74) is 1.68. The minimum atomic E-state index is -0.0599. The van der Waals surface area contributed by atoms with Crippen molar-refractivity contribution in [2.24, 2.45) is 0 Å². The molecule has 0 saturated heterocycles. The van der Waals surface area contributed by atoms with Gasteiger partial charge in [0.1, 0.15) is 11.4 Å². The van der Waals surface area contributed by atoms with Crippen LogP contribution in [0.4, 0.5) is 0 Å². The van der Waals surface area contributed by atoms with Gasteiger partial charge < -0.3 is 14.6 Å². The normalized spacial score (nSPS) is 11.8. The number of nitrogens with one attached hydrogen (secondary N) is 1. The van der Waals surface area contributed by atoms with Gasteiger partial charge in [0.25, 0.3) is 0 Å². The fourth-order valence-electron chi connectivity index (χ4n) is 2.70. The average Bonchev–Trinajstić information content (AvgIpc) is 3.20. The van der Waals surface area contributed by atoms with Crippen LogP contribution < -0.4 is 10.1 Å². The molecule has 0 saturated carbocycles. The lowest BCUT2D eigenvalue weighted by Gasteiger charge is -2.17. The number of carbonyl (C=O) groups is 1. The molecular weight excluding hydrogens is 344 g/mol. The van der Waals surface area contributed by atoms with Gasteiger partial charge in [-0.3, -0.25) is 9.78 Å². The van der Waals surface area contributed by atoms with E-state index in [1.54, 1.807) is 13.3 Å². The Kier molecular flexibility index (Phi) is 6.14. The van der Waals surface area contributed by atoms with Gasteiger partial charge in [-0.1, -0.05) is 30.3 Å². The molecule has 1 aromatic carbocycles. The summed E-state index contributed by atoms with van der Waals surface area (Å²) in [5.74, 6) is 1.58. The summed E-state index contributed by atoms with van der Waals surface area (Å²) < 4.78 is 10.4. The zero-order valence-corrected chi connectivity index (χ0v) is 15.4. The number of ether oxygens (including phenoxy) is 1. The molecule has 1 amide bonds. The van der Waals surface area contributed by atoms with E-state index in [4.69, 9.17) is 9.26 Å². The fourth-order valence-corrected chi connectivity index (χ4v) is 2.70. The maximum absolute atomic E-state index is 12.3. The van der Waals surface area contributed by atoms with E-state index in [2.05, 4.69) is 20.4 Å². The molecule has 0 spiro atoms. The smallest absolute Gasteiger partial charge is 0.227 e. The molecular formula is C20H22N4O3.